The van der Waals surface area contributed by atoms with E-state index in [0.717, 1.165) is 25.2 Å². The number of carbonyl (C=O) groups is 1. The molecule has 92 valence electrons. The highest BCUT2D eigenvalue weighted by molar-refractivity contribution is 5.90. The number of nitrogens with one attached hydrogen (secondary N) is 3. The minimum Gasteiger partial charge on any atom is -0.336 e. The van der Waals surface area contributed by atoms with Crippen molar-refractivity contribution in [3.8, 4) is 0 Å². The lowest BCUT2D eigenvalue weighted by Gasteiger charge is -2.21. The van der Waals surface area contributed by atoms with Crippen LogP contribution in [0.25, 0.3) is 0 Å². The SMILES string of the molecule is CC(C)NC(=O)Nc1cccc2c1CCNC2. The van der Waals surface area contributed by atoms with Crippen molar-refractivity contribution in [1.82, 2.24) is 10.6 Å². The lowest BCUT2D eigenvalue weighted by atomic mass is 9.99. The molecule has 0 aromatic heterocycles. The van der Waals surface area contributed by atoms with Crippen LogP contribution in [0.4, 0.5) is 10.5 Å². The van der Waals surface area contributed by atoms with Crippen molar-refractivity contribution < 1.29 is 4.79 Å². The molecule has 2 rings (SSSR count). The summed E-state index contributed by atoms with van der Waals surface area (Å²) < 4.78 is 0. The van der Waals surface area contributed by atoms with E-state index in [4.69, 9.17) is 0 Å². The Bertz CT molecular complexity index is 415. The van der Waals surface area contributed by atoms with Gasteiger partial charge in [-0.05, 0) is 44.0 Å². The molecule has 0 bridgehead atoms. The van der Waals surface area contributed by atoms with Gasteiger partial charge in [0.15, 0.2) is 0 Å². The molecule has 0 radical (unpaired) electrons. The lowest BCUT2D eigenvalue weighted by Crippen LogP contribution is -2.35. The summed E-state index contributed by atoms with van der Waals surface area (Å²) in [4.78, 5) is 11.7. The summed E-state index contributed by atoms with van der Waals surface area (Å²) in [6.45, 7) is 5.75. The summed E-state index contributed by atoms with van der Waals surface area (Å²) in [7, 11) is 0. The molecule has 1 heterocycles. The van der Waals surface area contributed by atoms with Crippen LogP contribution in [0.3, 0.4) is 0 Å². The molecule has 0 atom stereocenters. The molecular formula is C13H19N3O. The first-order chi connectivity index (χ1) is 8.16. The predicted octanol–water partition coefficient (Wildman–Crippen LogP) is 1.86. The van der Waals surface area contributed by atoms with Gasteiger partial charge in [-0.1, -0.05) is 12.1 Å². The number of anilines is 1. The van der Waals surface area contributed by atoms with Crippen LogP contribution in [0.5, 0.6) is 0 Å². The third-order valence-electron chi connectivity index (χ3n) is 2.81. The first kappa shape index (κ1) is 11.9. The second-order valence-corrected chi connectivity index (χ2v) is 4.62. The van der Waals surface area contributed by atoms with Crippen LogP contribution in [0.2, 0.25) is 0 Å². The Labute approximate surface area is 102 Å². The first-order valence-corrected chi connectivity index (χ1v) is 6.06. The van der Waals surface area contributed by atoms with E-state index in [0.29, 0.717) is 0 Å². The van der Waals surface area contributed by atoms with Crippen LogP contribution in [0, 0.1) is 0 Å². The zero-order valence-electron chi connectivity index (χ0n) is 10.3. The second-order valence-electron chi connectivity index (χ2n) is 4.62. The van der Waals surface area contributed by atoms with Gasteiger partial charge in [-0.3, -0.25) is 0 Å². The van der Waals surface area contributed by atoms with E-state index in [1.807, 2.05) is 26.0 Å². The van der Waals surface area contributed by atoms with Crippen LogP contribution in [-0.4, -0.2) is 18.6 Å². The molecule has 1 aliphatic rings. The van der Waals surface area contributed by atoms with Gasteiger partial charge >= 0.3 is 6.03 Å². The van der Waals surface area contributed by atoms with Crippen molar-refractivity contribution in [1.29, 1.82) is 0 Å². The standard InChI is InChI=1S/C13H19N3O/c1-9(2)15-13(17)16-12-5-3-4-10-8-14-7-6-11(10)12/h3-5,9,14H,6-8H2,1-2H3,(H2,15,16,17). The average Bonchev–Trinajstić information content (AvgIpc) is 2.28. The van der Waals surface area contributed by atoms with Crippen LogP contribution in [0.1, 0.15) is 25.0 Å². The third-order valence-corrected chi connectivity index (χ3v) is 2.81. The molecule has 0 fully saturated rings. The number of amides is 2. The Morgan fingerprint density at radius 3 is 3.00 bits per heavy atom. The second kappa shape index (κ2) is 5.19. The zero-order valence-corrected chi connectivity index (χ0v) is 10.3. The highest BCUT2D eigenvalue weighted by Crippen LogP contribution is 2.22. The van der Waals surface area contributed by atoms with E-state index in [1.54, 1.807) is 0 Å². The number of fused-ring (bicyclic) bond motifs is 1. The molecule has 17 heavy (non-hydrogen) atoms. The molecule has 0 saturated carbocycles. The Hall–Kier alpha value is -1.55. The van der Waals surface area contributed by atoms with Crippen LogP contribution in [-0.2, 0) is 13.0 Å². The highest BCUT2D eigenvalue weighted by atomic mass is 16.2. The maximum absolute atomic E-state index is 11.7. The topological polar surface area (TPSA) is 53.2 Å². The van der Waals surface area contributed by atoms with Gasteiger partial charge in [-0.2, -0.15) is 0 Å². The smallest absolute Gasteiger partial charge is 0.319 e. The number of carbonyl (C=O) groups excluding carboxylic acids is 1. The zero-order chi connectivity index (χ0) is 12.3. The van der Waals surface area contributed by atoms with Crippen molar-refractivity contribution in [2.75, 3.05) is 11.9 Å². The summed E-state index contributed by atoms with van der Waals surface area (Å²) in [6.07, 6.45) is 0.966. The highest BCUT2D eigenvalue weighted by Gasteiger charge is 2.13. The van der Waals surface area contributed by atoms with Gasteiger partial charge in [0.05, 0.1) is 0 Å². The van der Waals surface area contributed by atoms with E-state index in [-0.39, 0.29) is 12.1 Å². The Balaban J connectivity index is 2.13. The van der Waals surface area contributed by atoms with Gasteiger partial charge in [0.25, 0.3) is 0 Å². The van der Waals surface area contributed by atoms with Crippen molar-refractivity contribution in [3.05, 3.63) is 29.3 Å². The summed E-state index contributed by atoms with van der Waals surface area (Å²) in [5, 5.41) is 9.08. The lowest BCUT2D eigenvalue weighted by molar-refractivity contribution is 0.250. The van der Waals surface area contributed by atoms with E-state index in [1.165, 1.54) is 11.1 Å². The summed E-state index contributed by atoms with van der Waals surface area (Å²) >= 11 is 0. The first-order valence-electron chi connectivity index (χ1n) is 6.06. The van der Waals surface area contributed by atoms with E-state index in [2.05, 4.69) is 22.0 Å². The molecule has 0 unspecified atom stereocenters. The Kier molecular flexibility index (Phi) is 3.64. The van der Waals surface area contributed by atoms with Crippen LogP contribution >= 0.6 is 0 Å². The molecule has 4 nitrogen and oxygen atoms in total. The van der Waals surface area contributed by atoms with Gasteiger partial charge in [0.1, 0.15) is 0 Å². The predicted molar refractivity (Wildman–Crippen MR) is 69.1 cm³/mol. The molecule has 0 aliphatic carbocycles. The van der Waals surface area contributed by atoms with Gasteiger partial charge in [-0.25, -0.2) is 4.79 Å². The number of hydrogen-bond donors (Lipinski definition) is 3. The fourth-order valence-corrected chi connectivity index (χ4v) is 2.07. The molecule has 3 N–H and O–H groups in total. The number of urea groups is 1. The van der Waals surface area contributed by atoms with Crippen molar-refractivity contribution >= 4 is 11.7 Å². The maximum Gasteiger partial charge on any atom is 0.319 e. The van der Waals surface area contributed by atoms with E-state index >= 15 is 0 Å². The average molecular weight is 233 g/mol. The maximum atomic E-state index is 11.7. The van der Waals surface area contributed by atoms with E-state index < -0.39 is 0 Å². The summed E-state index contributed by atoms with van der Waals surface area (Å²) in [5.41, 5.74) is 3.46. The van der Waals surface area contributed by atoms with Crippen molar-refractivity contribution in [3.63, 3.8) is 0 Å². The summed E-state index contributed by atoms with van der Waals surface area (Å²) in [6, 6.07) is 6.07. The number of hydrogen-bond acceptors (Lipinski definition) is 2. The van der Waals surface area contributed by atoms with E-state index in [9.17, 15) is 4.79 Å². The quantitative estimate of drug-likeness (QED) is 0.730. The van der Waals surface area contributed by atoms with Crippen molar-refractivity contribution in [2.45, 2.75) is 32.9 Å². The minimum absolute atomic E-state index is 0.132. The molecular weight excluding hydrogens is 214 g/mol. The normalized spacial score (nSPS) is 14.3. The third kappa shape index (κ3) is 2.97. The number of rotatable bonds is 2. The van der Waals surface area contributed by atoms with Gasteiger partial charge < -0.3 is 16.0 Å². The van der Waals surface area contributed by atoms with Gasteiger partial charge in [-0.15, -0.1) is 0 Å². The van der Waals surface area contributed by atoms with Gasteiger partial charge in [0, 0.05) is 18.3 Å². The molecule has 4 heteroatoms. The fourth-order valence-electron chi connectivity index (χ4n) is 2.07. The van der Waals surface area contributed by atoms with Crippen LogP contribution < -0.4 is 16.0 Å². The fraction of sp³-hybridized carbons (Fsp3) is 0.462. The molecule has 0 saturated heterocycles. The van der Waals surface area contributed by atoms with Crippen molar-refractivity contribution in [2.24, 2.45) is 0 Å². The monoisotopic (exact) mass is 233 g/mol. The minimum atomic E-state index is -0.132. The Morgan fingerprint density at radius 2 is 2.24 bits per heavy atom. The molecule has 2 amide bonds. The molecule has 1 aromatic carbocycles. The summed E-state index contributed by atoms with van der Waals surface area (Å²) in [5.74, 6) is 0. The number of benzene rings is 1. The molecule has 0 spiro atoms. The van der Waals surface area contributed by atoms with Gasteiger partial charge in [0.2, 0.25) is 0 Å². The molecule has 1 aliphatic heterocycles. The largest absolute Gasteiger partial charge is 0.336 e. The Morgan fingerprint density at radius 1 is 1.41 bits per heavy atom. The molecule has 1 aromatic rings. The van der Waals surface area contributed by atoms with Crippen LogP contribution in [0.15, 0.2) is 18.2 Å².